The molecule has 94 valence electrons. The molecule has 2 N–H and O–H groups in total. The van der Waals surface area contributed by atoms with Crippen molar-refractivity contribution in [1.29, 1.82) is 0 Å². The first-order valence-electron chi connectivity index (χ1n) is 6.24. The van der Waals surface area contributed by atoms with E-state index in [1.54, 1.807) is 6.08 Å². The van der Waals surface area contributed by atoms with Crippen LogP contribution in [-0.2, 0) is 4.79 Å². The van der Waals surface area contributed by atoms with Gasteiger partial charge < -0.3 is 5.73 Å². The lowest BCUT2D eigenvalue weighted by Gasteiger charge is -2.30. The van der Waals surface area contributed by atoms with Gasteiger partial charge in [-0.2, -0.15) is 0 Å². The Morgan fingerprint density at radius 1 is 1.31 bits per heavy atom. The molecule has 2 heteroatoms. The number of rotatable bonds is 8. The summed E-state index contributed by atoms with van der Waals surface area (Å²) in [6, 6.07) is 0. The molecular weight excluding hydrogens is 198 g/mol. The summed E-state index contributed by atoms with van der Waals surface area (Å²) in [7, 11) is 0. The van der Waals surface area contributed by atoms with Crippen molar-refractivity contribution in [1.82, 2.24) is 0 Å². The number of ketones is 1. The molecule has 0 aromatic rings. The van der Waals surface area contributed by atoms with E-state index in [0.717, 1.165) is 19.3 Å². The molecule has 1 atom stereocenters. The molecule has 0 aliphatic heterocycles. The quantitative estimate of drug-likeness (QED) is 0.644. The van der Waals surface area contributed by atoms with Gasteiger partial charge in [0.2, 0.25) is 0 Å². The Morgan fingerprint density at radius 2 is 1.94 bits per heavy atom. The van der Waals surface area contributed by atoms with Crippen molar-refractivity contribution in [3.63, 3.8) is 0 Å². The van der Waals surface area contributed by atoms with Gasteiger partial charge in [-0.25, -0.2) is 0 Å². The normalized spacial score (nSPS) is 13.5. The van der Waals surface area contributed by atoms with Crippen LogP contribution in [-0.4, -0.2) is 12.3 Å². The fraction of sp³-hybridized carbons (Fsp3) is 0.786. The van der Waals surface area contributed by atoms with Crippen LogP contribution in [0.3, 0.4) is 0 Å². The molecule has 0 spiro atoms. The number of Topliss-reactive ketones (excluding diaryl/α,β-unsaturated/α-hetero) is 1. The summed E-state index contributed by atoms with van der Waals surface area (Å²) in [6.07, 6.45) is 5.92. The van der Waals surface area contributed by atoms with Gasteiger partial charge in [-0.3, -0.25) is 4.79 Å². The second kappa shape index (κ2) is 7.61. The molecule has 0 bridgehead atoms. The summed E-state index contributed by atoms with van der Waals surface area (Å²) in [5.74, 6) is 0.899. The second-order valence-electron chi connectivity index (χ2n) is 5.54. The summed E-state index contributed by atoms with van der Waals surface area (Å²) < 4.78 is 0. The van der Waals surface area contributed by atoms with Crippen LogP contribution in [0, 0.1) is 11.3 Å². The van der Waals surface area contributed by atoms with Crippen molar-refractivity contribution in [3.8, 4) is 0 Å². The van der Waals surface area contributed by atoms with E-state index in [9.17, 15) is 4.79 Å². The molecule has 0 saturated carbocycles. The van der Waals surface area contributed by atoms with Gasteiger partial charge in [-0.05, 0) is 37.1 Å². The smallest absolute Gasteiger partial charge is 0.133 e. The minimum absolute atomic E-state index is 0.248. The van der Waals surface area contributed by atoms with Gasteiger partial charge in [0.05, 0.1) is 0 Å². The lowest BCUT2D eigenvalue weighted by molar-refractivity contribution is -0.119. The van der Waals surface area contributed by atoms with Crippen molar-refractivity contribution < 1.29 is 4.79 Å². The molecule has 0 aromatic carbocycles. The van der Waals surface area contributed by atoms with E-state index < -0.39 is 0 Å². The minimum atomic E-state index is 0.248. The third kappa shape index (κ3) is 6.78. The first kappa shape index (κ1) is 15.4. The van der Waals surface area contributed by atoms with Crippen molar-refractivity contribution >= 4 is 5.78 Å². The van der Waals surface area contributed by atoms with E-state index >= 15 is 0 Å². The molecule has 0 fully saturated rings. The SMILES string of the molecule is C=CCCC(=O)CCC(CCN)C(C)(C)C. The molecule has 0 aliphatic rings. The number of hydrogen-bond donors (Lipinski definition) is 1. The van der Waals surface area contributed by atoms with E-state index in [1.807, 2.05) is 0 Å². The Labute approximate surface area is 100 Å². The van der Waals surface area contributed by atoms with Gasteiger partial charge in [-0.15, -0.1) is 6.58 Å². The van der Waals surface area contributed by atoms with Crippen LogP contribution in [0.5, 0.6) is 0 Å². The predicted molar refractivity (Wildman–Crippen MR) is 70.3 cm³/mol. The minimum Gasteiger partial charge on any atom is -0.330 e. The maximum Gasteiger partial charge on any atom is 0.133 e. The molecule has 0 amide bonds. The van der Waals surface area contributed by atoms with E-state index in [1.165, 1.54) is 0 Å². The molecule has 0 radical (unpaired) electrons. The number of allylic oxidation sites excluding steroid dienone is 1. The lowest BCUT2D eigenvalue weighted by Crippen LogP contribution is -2.24. The Balaban J connectivity index is 4.02. The number of hydrogen-bond acceptors (Lipinski definition) is 2. The van der Waals surface area contributed by atoms with E-state index in [4.69, 9.17) is 5.73 Å². The zero-order valence-corrected chi connectivity index (χ0v) is 11.1. The highest BCUT2D eigenvalue weighted by atomic mass is 16.1. The molecule has 1 unspecified atom stereocenters. The fourth-order valence-corrected chi connectivity index (χ4v) is 1.93. The first-order chi connectivity index (χ1) is 7.41. The Kier molecular flexibility index (Phi) is 7.31. The van der Waals surface area contributed by atoms with Crippen LogP contribution < -0.4 is 5.73 Å². The highest BCUT2D eigenvalue weighted by Gasteiger charge is 2.24. The van der Waals surface area contributed by atoms with E-state index in [0.29, 0.717) is 31.1 Å². The molecule has 16 heavy (non-hydrogen) atoms. The third-order valence-corrected chi connectivity index (χ3v) is 3.14. The van der Waals surface area contributed by atoms with Crippen molar-refractivity contribution in [2.45, 2.75) is 52.9 Å². The maximum atomic E-state index is 11.6. The Hall–Kier alpha value is -0.630. The van der Waals surface area contributed by atoms with Gasteiger partial charge in [-0.1, -0.05) is 26.8 Å². The average molecular weight is 225 g/mol. The van der Waals surface area contributed by atoms with Crippen LogP contribution in [0.15, 0.2) is 12.7 Å². The summed E-state index contributed by atoms with van der Waals surface area (Å²) in [6.45, 7) is 11.0. The lowest BCUT2D eigenvalue weighted by atomic mass is 9.76. The average Bonchev–Trinajstić information content (AvgIpc) is 2.19. The topological polar surface area (TPSA) is 43.1 Å². The van der Waals surface area contributed by atoms with Crippen LogP contribution in [0.1, 0.15) is 52.9 Å². The standard InChI is InChI=1S/C14H27NO/c1-5-6-7-13(16)9-8-12(10-11-15)14(2,3)4/h5,12H,1,6-11,15H2,2-4H3. The molecule has 2 nitrogen and oxygen atoms in total. The fourth-order valence-electron chi connectivity index (χ4n) is 1.93. The van der Waals surface area contributed by atoms with Gasteiger partial charge in [0, 0.05) is 12.8 Å². The van der Waals surface area contributed by atoms with E-state index in [2.05, 4.69) is 27.4 Å². The number of nitrogens with two attached hydrogens (primary N) is 1. The first-order valence-corrected chi connectivity index (χ1v) is 6.24. The Bertz CT molecular complexity index is 215. The molecule has 0 saturated heterocycles. The number of carbonyl (C=O) groups excluding carboxylic acids is 1. The molecule has 0 aromatic heterocycles. The predicted octanol–water partition coefficient (Wildman–Crippen LogP) is 3.31. The summed E-state index contributed by atoms with van der Waals surface area (Å²) in [5, 5.41) is 0. The highest BCUT2D eigenvalue weighted by molar-refractivity contribution is 5.78. The monoisotopic (exact) mass is 225 g/mol. The van der Waals surface area contributed by atoms with Crippen LogP contribution in [0.25, 0.3) is 0 Å². The van der Waals surface area contributed by atoms with Crippen molar-refractivity contribution in [2.24, 2.45) is 17.1 Å². The molecule has 0 aliphatic carbocycles. The summed E-state index contributed by atoms with van der Waals surface area (Å²) in [4.78, 5) is 11.6. The zero-order chi connectivity index (χ0) is 12.6. The van der Waals surface area contributed by atoms with Crippen LogP contribution >= 0.6 is 0 Å². The van der Waals surface area contributed by atoms with Gasteiger partial charge in [0.15, 0.2) is 0 Å². The van der Waals surface area contributed by atoms with Crippen molar-refractivity contribution in [3.05, 3.63) is 12.7 Å². The second-order valence-corrected chi connectivity index (χ2v) is 5.54. The van der Waals surface area contributed by atoms with Crippen LogP contribution in [0.2, 0.25) is 0 Å². The van der Waals surface area contributed by atoms with Gasteiger partial charge in [0.25, 0.3) is 0 Å². The Morgan fingerprint density at radius 3 is 2.38 bits per heavy atom. The maximum absolute atomic E-state index is 11.6. The molecular formula is C14H27NO. The van der Waals surface area contributed by atoms with Crippen molar-refractivity contribution in [2.75, 3.05) is 6.54 Å². The third-order valence-electron chi connectivity index (χ3n) is 3.14. The highest BCUT2D eigenvalue weighted by Crippen LogP contribution is 2.32. The number of carbonyl (C=O) groups is 1. The summed E-state index contributed by atoms with van der Waals surface area (Å²) >= 11 is 0. The van der Waals surface area contributed by atoms with Gasteiger partial charge in [0.1, 0.15) is 5.78 Å². The van der Waals surface area contributed by atoms with E-state index in [-0.39, 0.29) is 5.41 Å². The largest absolute Gasteiger partial charge is 0.330 e. The summed E-state index contributed by atoms with van der Waals surface area (Å²) in [5.41, 5.74) is 5.86. The van der Waals surface area contributed by atoms with Crippen LogP contribution in [0.4, 0.5) is 0 Å². The van der Waals surface area contributed by atoms with Gasteiger partial charge >= 0.3 is 0 Å². The molecule has 0 rings (SSSR count). The zero-order valence-electron chi connectivity index (χ0n) is 11.1. The molecule has 0 heterocycles.